The quantitative estimate of drug-likeness (QED) is 0.477. The van der Waals surface area contributed by atoms with Crippen molar-refractivity contribution in [2.45, 2.75) is 52.7 Å². The minimum atomic E-state index is -0.229. The van der Waals surface area contributed by atoms with E-state index in [0.717, 1.165) is 25.9 Å². The number of nitrogens with zero attached hydrogens (tertiary/aromatic N) is 2. The Kier molecular flexibility index (Phi) is 8.94. The molecule has 0 aromatic heterocycles. The van der Waals surface area contributed by atoms with E-state index in [-0.39, 0.29) is 5.82 Å². The standard InChI is InChI=1S/C24H34ClFN2/c1-6-19-9-7-10-20(14-19)15-28(21(13-18(2)3)16-27(4)5)17-22-23(25)11-8-12-24(22)26/h7-12,14,18,21H,6,13,15-17H2,1-5H3/t21-/m0/s1. The fourth-order valence-electron chi connectivity index (χ4n) is 3.69. The number of aryl methyl sites for hydroxylation is 1. The van der Waals surface area contributed by atoms with Crippen molar-refractivity contribution in [3.05, 3.63) is 70.0 Å². The van der Waals surface area contributed by atoms with Gasteiger partial charge in [-0.2, -0.15) is 0 Å². The van der Waals surface area contributed by atoms with Crippen LogP contribution in [0.1, 0.15) is 43.9 Å². The number of likely N-dealkylation sites (N-methyl/N-ethyl adjacent to an activating group) is 1. The van der Waals surface area contributed by atoms with Gasteiger partial charge in [0.25, 0.3) is 0 Å². The zero-order valence-electron chi connectivity index (χ0n) is 17.9. The lowest BCUT2D eigenvalue weighted by Gasteiger charge is -2.35. The smallest absolute Gasteiger partial charge is 0.129 e. The van der Waals surface area contributed by atoms with Gasteiger partial charge in [0, 0.05) is 36.3 Å². The van der Waals surface area contributed by atoms with Crippen molar-refractivity contribution in [3.8, 4) is 0 Å². The lowest BCUT2D eigenvalue weighted by Crippen LogP contribution is -2.42. The Balaban J connectivity index is 2.37. The maximum Gasteiger partial charge on any atom is 0.129 e. The first-order chi connectivity index (χ1) is 13.3. The Morgan fingerprint density at radius 3 is 2.29 bits per heavy atom. The molecule has 0 aliphatic heterocycles. The van der Waals surface area contributed by atoms with E-state index in [4.69, 9.17) is 11.6 Å². The van der Waals surface area contributed by atoms with E-state index in [9.17, 15) is 4.39 Å². The van der Waals surface area contributed by atoms with Gasteiger partial charge in [-0.15, -0.1) is 0 Å². The van der Waals surface area contributed by atoms with Crippen LogP contribution in [-0.4, -0.2) is 36.5 Å². The van der Waals surface area contributed by atoms with Crippen LogP contribution in [0.15, 0.2) is 42.5 Å². The van der Waals surface area contributed by atoms with Crippen molar-refractivity contribution in [2.75, 3.05) is 20.6 Å². The zero-order valence-corrected chi connectivity index (χ0v) is 18.6. The fourth-order valence-corrected chi connectivity index (χ4v) is 3.91. The van der Waals surface area contributed by atoms with E-state index >= 15 is 0 Å². The van der Waals surface area contributed by atoms with Crippen molar-refractivity contribution in [2.24, 2.45) is 5.92 Å². The molecule has 2 aromatic rings. The third kappa shape index (κ3) is 6.88. The minimum absolute atomic E-state index is 0.229. The van der Waals surface area contributed by atoms with Crippen molar-refractivity contribution in [3.63, 3.8) is 0 Å². The highest BCUT2D eigenvalue weighted by Crippen LogP contribution is 2.25. The predicted octanol–water partition coefficient (Wildman–Crippen LogP) is 6.02. The van der Waals surface area contributed by atoms with Gasteiger partial charge in [-0.25, -0.2) is 4.39 Å². The van der Waals surface area contributed by atoms with Gasteiger partial charge in [-0.3, -0.25) is 4.90 Å². The van der Waals surface area contributed by atoms with Gasteiger partial charge in [0.05, 0.1) is 0 Å². The summed E-state index contributed by atoms with van der Waals surface area (Å²) in [5, 5.41) is 0.500. The zero-order chi connectivity index (χ0) is 20.7. The molecule has 2 nitrogen and oxygen atoms in total. The molecule has 4 heteroatoms. The molecule has 1 atom stereocenters. The van der Waals surface area contributed by atoms with Crippen LogP contribution in [-0.2, 0) is 19.5 Å². The maximum absolute atomic E-state index is 14.5. The highest BCUT2D eigenvalue weighted by Gasteiger charge is 2.23. The molecule has 28 heavy (non-hydrogen) atoms. The predicted molar refractivity (Wildman–Crippen MR) is 118 cm³/mol. The first kappa shape index (κ1) is 22.9. The van der Waals surface area contributed by atoms with Gasteiger partial charge in [0.2, 0.25) is 0 Å². The molecule has 0 aliphatic rings. The molecule has 0 amide bonds. The average molecular weight is 405 g/mol. The topological polar surface area (TPSA) is 6.48 Å². The van der Waals surface area contributed by atoms with Crippen LogP contribution >= 0.6 is 11.6 Å². The molecule has 0 saturated heterocycles. The summed E-state index contributed by atoms with van der Waals surface area (Å²) in [5.41, 5.74) is 3.18. The summed E-state index contributed by atoms with van der Waals surface area (Å²) in [5.74, 6) is 0.332. The summed E-state index contributed by atoms with van der Waals surface area (Å²) in [4.78, 5) is 4.60. The molecule has 0 bridgehead atoms. The normalized spacial score (nSPS) is 12.9. The maximum atomic E-state index is 14.5. The molecule has 0 heterocycles. The van der Waals surface area contributed by atoms with Crippen molar-refractivity contribution < 1.29 is 4.39 Å². The lowest BCUT2D eigenvalue weighted by atomic mass is 9.99. The van der Waals surface area contributed by atoms with Crippen LogP contribution in [0.3, 0.4) is 0 Å². The Labute approximate surface area is 175 Å². The first-order valence-corrected chi connectivity index (χ1v) is 10.6. The third-order valence-corrected chi connectivity index (χ3v) is 5.40. The molecular weight excluding hydrogens is 371 g/mol. The van der Waals surface area contributed by atoms with E-state index in [0.29, 0.717) is 29.1 Å². The van der Waals surface area contributed by atoms with Gasteiger partial charge in [0.1, 0.15) is 5.82 Å². The number of rotatable bonds is 10. The second-order valence-corrected chi connectivity index (χ2v) is 8.73. The van der Waals surface area contributed by atoms with Crippen LogP contribution in [0.2, 0.25) is 5.02 Å². The summed E-state index contributed by atoms with van der Waals surface area (Å²) in [6.45, 7) is 8.88. The monoisotopic (exact) mass is 404 g/mol. The van der Waals surface area contributed by atoms with Gasteiger partial charge in [-0.1, -0.05) is 62.7 Å². The molecule has 0 aliphatic carbocycles. The summed E-state index contributed by atoms with van der Waals surface area (Å²) < 4.78 is 14.5. The van der Waals surface area contributed by atoms with Crippen molar-refractivity contribution in [1.29, 1.82) is 0 Å². The van der Waals surface area contributed by atoms with Gasteiger partial charge in [-0.05, 0) is 56.1 Å². The second kappa shape index (κ2) is 10.9. The molecule has 2 aromatic carbocycles. The van der Waals surface area contributed by atoms with Crippen LogP contribution in [0.25, 0.3) is 0 Å². The van der Waals surface area contributed by atoms with Crippen LogP contribution in [0.4, 0.5) is 4.39 Å². The van der Waals surface area contributed by atoms with Crippen LogP contribution in [0.5, 0.6) is 0 Å². The average Bonchev–Trinajstić information content (AvgIpc) is 2.62. The van der Waals surface area contributed by atoms with Crippen LogP contribution in [0, 0.1) is 11.7 Å². The number of halogens is 2. The highest BCUT2D eigenvalue weighted by molar-refractivity contribution is 6.31. The molecule has 0 fully saturated rings. The molecule has 0 unspecified atom stereocenters. The SMILES string of the molecule is CCc1cccc(CN(Cc2c(F)cccc2Cl)[C@@H](CC(C)C)CN(C)C)c1. The molecule has 0 radical (unpaired) electrons. The molecule has 0 spiro atoms. The summed E-state index contributed by atoms with van der Waals surface area (Å²) >= 11 is 6.36. The highest BCUT2D eigenvalue weighted by atomic mass is 35.5. The molecule has 0 saturated carbocycles. The van der Waals surface area contributed by atoms with E-state index in [1.54, 1.807) is 12.1 Å². The number of hydrogen-bond acceptors (Lipinski definition) is 2. The Hall–Kier alpha value is -1.42. The Bertz CT molecular complexity index is 715. The van der Waals surface area contributed by atoms with E-state index < -0.39 is 0 Å². The third-order valence-electron chi connectivity index (χ3n) is 5.04. The van der Waals surface area contributed by atoms with Crippen molar-refractivity contribution >= 4 is 11.6 Å². The fraction of sp³-hybridized carbons (Fsp3) is 0.500. The van der Waals surface area contributed by atoms with E-state index in [1.165, 1.54) is 17.2 Å². The van der Waals surface area contributed by atoms with Crippen molar-refractivity contribution in [1.82, 2.24) is 9.80 Å². The molecular formula is C24H34ClFN2. The Morgan fingerprint density at radius 1 is 1.00 bits per heavy atom. The second-order valence-electron chi connectivity index (χ2n) is 8.32. The van der Waals surface area contributed by atoms with Gasteiger partial charge in [0.15, 0.2) is 0 Å². The largest absolute Gasteiger partial charge is 0.308 e. The van der Waals surface area contributed by atoms with E-state index in [1.807, 2.05) is 0 Å². The molecule has 154 valence electrons. The van der Waals surface area contributed by atoms with Gasteiger partial charge < -0.3 is 4.90 Å². The summed E-state index contributed by atoms with van der Waals surface area (Å²) in [6, 6.07) is 14.0. The Morgan fingerprint density at radius 2 is 1.68 bits per heavy atom. The first-order valence-electron chi connectivity index (χ1n) is 10.2. The minimum Gasteiger partial charge on any atom is -0.308 e. The molecule has 0 N–H and O–H groups in total. The van der Waals surface area contributed by atoms with Gasteiger partial charge >= 0.3 is 0 Å². The van der Waals surface area contributed by atoms with E-state index in [2.05, 4.69) is 68.9 Å². The summed E-state index contributed by atoms with van der Waals surface area (Å²) in [7, 11) is 4.19. The van der Waals surface area contributed by atoms with Crippen LogP contribution < -0.4 is 0 Å². The number of benzene rings is 2. The lowest BCUT2D eigenvalue weighted by molar-refractivity contribution is 0.126. The summed E-state index contributed by atoms with van der Waals surface area (Å²) in [6.07, 6.45) is 2.07. The number of hydrogen-bond donors (Lipinski definition) is 0. The molecule has 2 rings (SSSR count).